The van der Waals surface area contributed by atoms with Crippen molar-refractivity contribution < 1.29 is 67.1 Å². The molecule has 6 N–H and O–H groups in total. The molecule has 4 saturated heterocycles. The van der Waals surface area contributed by atoms with E-state index in [1.807, 2.05) is 18.2 Å². The second-order valence-corrected chi connectivity index (χ2v) is 29.5. The van der Waals surface area contributed by atoms with E-state index in [0.29, 0.717) is 72.5 Å². The van der Waals surface area contributed by atoms with E-state index >= 15 is 0 Å². The summed E-state index contributed by atoms with van der Waals surface area (Å²) in [6, 6.07) is 8.32. The van der Waals surface area contributed by atoms with Crippen LogP contribution in [0.5, 0.6) is 0 Å². The Balaban J connectivity index is 0.000000229. The highest BCUT2D eigenvalue weighted by Crippen LogP contribution is 2.42. The molecule has 8 atom stereocenters. The fraction of sp³-hybridized carbons (Fsp3) is 0.662. The molecule has 24 nitrogen and oxygen atoms in total. The number of rotatable bonds is 11. The van der Waals surface area contributed by atoms with Gasteiger partial charge in [-0.15, -0.1) is 0 Å². The number of carbonyl (C=O) groups is 10. The molecular weight excluding hydrogens is 1290 g/mol. The molecule has 2 spiro atoms. The first-order valence-corrected chi connectivity index (χ1v) is 36.0. The lowest BCUT2D eigenvalue weighted by Crippen LogP contribution is -2.57. The van der Waals surface area contributed by atoms with Gasteiger partial charge in [0.05, 0.1) is 43.2 Å². The predicted molar refractivity (Wildman–Crippen MR) is 363 cm³/mol. The molecular formula is C71H98Cl2N10O14. The van der Waals surface area contributed by atoms with Crippen molar-refractivity contribution in [2.45, 2.75) is 260 Å². The number of nitrogens with one attached hydrogen (secondary N) is 6. The summed E-state index contributed by atoms with van der Waals surface area (Å²) >= 11 is 12.5. The highest BCUT2D eigenvalue weighted by atomic mass is 35.5. The van der Waals surface area contributed by atoms with E-state index in [-0.39, 0.29) is 63.2 Å². The maximum atomic E-state index is 14.6. The topological polar surface area (TPSA) is 311 Å². The van der Waals surface area contributed by atoms with Crippen LogP contribution < -0.4 is 31.9 Å². The Morgan fingerprint density at radius 2 is 1.05 bits per heavy atom. The van der Waals surface area contributed by atoms with Crippen molar-refractivity contribution in [3.63, 3.8) is 0 Å². The van der Waals surface area contributed by atoms with E-state index in [4.69, 9.17) is 42.4 Å². The van der Waals surface area contributed by atoms with Crippen molar-refractivity contribution >= 4 is 93.6 Å². The molecule has 2 saturated carbocycles. The number of nitrogens with zero attached hydrogens (tertiary/aromatic N) is 4. The summed E-state index contributed by atoms with van der Waals surface area (Å²) in [5.74, 6) is -4.76. The predicted octanol–water partition coefficient (Wildman–Crippen LogP) is 8.37. The molecule has 1 unspecified atom stereocenters. The molecule has 6 aliphatic heterocycles. The van der Waals surface area contributed by atoms with Crippen molar-refractivity contribution in [2.75, 3.05) is 33.4 Å². The number of ether oxygens (including phenoxy) is 2. The summed E-state index contributed by atoms with van der Waals surface area (Å²) in [6.45, 7) is 5.41. The summed E-state index contributed by atoms with van der Waals surface area (Å²) < 4.78 is 11.3. The quantitative estimate of drug-likeness (QED) is 0.0910. The smallest absolute Gasteiger partial charge is 0.408 e. The minimum atomic E-state index is -1.17. The van der Waals surface area contributed by atoms with Gasteiger partial charge in [-0.05, 0) is 102 Å². The Morgan fingerprint density at radius 1 is 0.588 bits per heavy atom. The van der Waals surface area contributed by atoms with Crippen molar-refractivity contribution in [1.82, 2.24) is 41.7 Å². The lowest BCUT2D eigenvalue weighted by Gasteiger charge is -2.30. The Morgan fingerprint density at radius 3 is 1.54 bits per heavy atom. The molecule has 6 heterocycles. The number of benzene rings is 2. The van der Waals surface area contributed by atoms with Gasteiger partial charge < -0.3 is 60.8 Å². The summed E-state index contributed by atoms with van der Waals surface area (Å²) in [5.41, 5.74) is -0.0336. The van der Waals surface area contributed by atoms with Gasteiger partial charge in [-0.3, -0.25) is 43.2 Å². The minimum Gasteiger partial charge on any atom is -0.444 e. The van der Waals surface area contributed by atoms with Crippen LogP contribution in [-0.4, -0.2) is 173 Å². The van der Waals surface area contributed by atoms with Gasteiger partial charge in [0, 0.05) is 73.0 Å². The van der Waals surface area contributed by atoms with Gasteiger partial charge in [-0.25, -0.2) is 4.79 Å². The molecule has 26 heteroatoms. The molecule has 8 amide bonds. The van der Waals surface area contributed by atoms with E-state index in [2.05, 4.69) is 42.2 Å². The van der Waals surface area contributed by atoms with Crippen LogP contribution in [0.4, 0.5) is 4.79 Å². The minimum absolute atomic E-state index is 0.00839. The standard InChI is InChI=1S/C39H54ClN5O6.C32H44ClN5O8/c40-28-16-12-15-27(22-28)32-23-39(51-44-32)24-33-36(48)43-30(35(47)37(49)41-29-19-20-29)17-10-4-2-1-3-5-11-18-31(38(50)45(33)25-39)42-34(46)21-26-13-8-6-7-9-14-26;1-31(2,3)45-30(43)36-24-18-44-14-9-7-5-6-8-13-22(26(39)28(41)34-4)35-27(40)25-17-32(19-38(25)29(24)42)16-23(37-46-32)20-11-10-12-21(33)15-20/h12,15-16,22,26,29-31,33H,1-11,13-14,17-21,23-25H2,(H,41,49)(H,42,46)(H,43,48);10-12,15,22,24-25H,5-9,13-14,16-19H2,1-4H3,(H,34,41)(H,35,40)(H,36,43)/t30-,31-,33-,39+;22?,24-,25-,32+/m00/s1. The molecule has 0 bridgehead atoms. The van der Waals surface area contributed by atoms with Crippen LogP contribution in [0.3, 0.4) is 0 Å². The molecule has 2 aliphatic carbocycles. The molecule has 0 radical (unpaired) electrons. The molecule has 8 aliphatic rings. The second kappa shape index (κ2) is 34.5. The van der Waals surface area contributed by atoms with Gasteiger partial charge in [-0.1, -0.05) is 154 Å². The number of hydrogen-bond donors (Lipinski definition) is 6. The molecule has 2 aromatic rings. The summed E-state index contributed by atoms with van der Waals surface area (Å²) in [7, 11) is 1.35. The second-order valence-electron chi connectivity index (χ2n) is 28.6. The number of alkyl carbamates (subject to hydrolysis) is 1. The SMILES string of the molecule is CNC(=O)C(=O)C1CCCCCCCOC[C@H](NC(=O)OC(C)(C)C)C(=O)N2C[C@@]3(CC(c4cccc(Cl)c4)=NO3)C[C@H]2C(=O)N1.O=C(CC1CCCCCC1)N[C@H]1CCCCCCCCC[C@@H](C(=O)C(=O)NC2CC2)NC(=O)[C@@H]2C[C@]3(CC(c4cccc(Cl)c4)=NO3)CN2C1=O. The number of ketones is 2. The van der Waals surface area contributed by atoms with Crippen LogP contribution in [0.1, 0.15) is 212 Å². The number of Topliss-reactive ketones (excluding diaryl/α,β-unsaturated/α-hetero) is 2. The lowest BCUT2D eigenvalue weighted by atomic mass is 9.91. The average Bonchev–Trinajstić information content (AvgIpc) is 1.61. The zero-order chi connectivity index (χ0) is 69.3. The third-order valence-corrected chi connectivity index (χ3v) is 19.9. The van der Waals surface area contributed by atoms with Crippen LogP contribution in [0.25, 0.3) is 0 Å². The Kier molecular flexibility index (Phi) is 26.4. The van der Waals surface area contributed by atoms with Crippen LogP contribution in [0.15, 0.2) is 58.8 Å². The third kappa shape index (κ3) is 21.2. The Hall–Kier alpha value is -7.18. The van der Waals surface area contributed by atoms with E-state index in [9.17, 15) is 47.9 Å². The first-order valence-electron chi connectivity index (χ1n) is 35.2. The van der Waals surface area contributed by atoms with Crippen LogP contribution in [0.2, 0.25) is 10.0 Å². The van der Waals surface area contributed by atoms with Crippen LogP contribution >= 0.6 is 23.2 Å². The van der Waals surface area contributed by atoms with Crippen LogP contribution in [0, 0.1) is 5.92 Å². The van der Waals surface area contributed by atoms with E-state index < -0.39 is 100 Å². The maximum Gasteiger partial charge on any atom is 0.408 e. The number of oxime groups is 2. The Labute approximate surface area is 578 Å². The largest absolute Gasteiger partial charge is 0.444 e. The third-order valence-electron chi connectivity index (χ3n) is 19.4. The average molecular weight is 1390 g/mol. The number of hydrogen-bond acceptors (Lipinski definition) is 16. The van der Waals surface area contributed by atoms with E-state index in [1.54, 1.807) is 51.1 Å². The van der Waals surface area contributed by atoms with E-state index in [0.717, 1.165) is 114 Å². The monoisotopic (exact) mass is 1380 g/mol. The molecule has 10 rings (SSSR count). The van der Waals surface area contributed by atoms with Gasteiger partial charge in [0.15, 0.2) is 11.2 Å². The summed E-state index contributed by atoms with van der Waals surface area (Å²) in [6.07, 6.45) is 20.0. The number of carbonyl (C=O) groups excluding carboxylic acids is 10. The summed E-state index contributed by atoms with van der Waals surface area (Å²) in [4.78, 5) is 150. The molecule has 530 valence electrons. The highest BCUT2D eigenvalue weighted by molar-refractivity contribution is 6.39. The van der Waals surface area contributed by atoms with E-state index in [1.165, 1.54) is 29.7 Å². The first-order chi connectivity index (χ1) is 46.5. The molecule has 2 aromatic carbocycles. The Bertz CT molecular complexity index is 3240. The van der Waals surface area contributed by atoms with Crippen LogP contribution in [-0.2, 0) is 62.3 Å². The first kappa shape index (κ1) is 74.1. The van der Waals surface area contributed by atoms with Crippen molar-refractivity contribution in [3.8, 4) is 0 Å². The summed E-state index contributed by atoms with van der Waals surface area (Å²) in [5, 5.41) is 26.3. The number of likely N-dealkylation sites (N-methyl/N-ethyl adjacent to an activating group) is 1. The molecule has 0 aromatic heterocycles. The maximum absolute atomic E-state index is 14.6. The van der Waals surface area contributed by atoms with Crippen molar-refractivity contribution in [3.05, 3.63) is 69.7 Å². The number of halogens is 2. The van der Waals surface area contributed by atoms with Gasteiger partial charge in [0.1, 0.15) is 29.8 Å². The van der Waals surface area contributed by atoms with Gasteiger partial charge in [0.25, 0.3) is 11.8 Å². The van der Waals surface area contributed by atoms with Gasteiger partial charge >= 0.3 is 6.09 Å². The van der Waals surface area contributed by atoms with Gasteiger partial charge in [0.2, 0.25) is 41.1 Å². The number of fused-ring (bicyclic) bond motifs is 2. The fourth-order valence-electron chi connectivity index (χ4n) is 14.1. The van der Waals surface area contributed by atoms with Crippen molar-refractivity contribution in [2.24, 2.45) is 16.2 Å². The fourth-order valence-corrected chi connectivity index (χ4v) is 14.5. The van der Waals surface area contributed by atoms with Crippen molar-refractivity contribution in [1.29, 1.82) is 0 Å². The number of amides is 8. The normalized spacial score (nSPS) is 27.6. The molecule has 97 heavy (non-hydrogen) atoms. The molecule has 6 fully saturated rings. The lowest BCUT2D eigenvalue weighted by molar-refractivity contribution is -0.143. The van der Waals surface area contributed by atoms with Gasteiger partial charge in [-0.2, -0.15) is 0 Å². The highest BCUT2D eigenvalue weighted by Gasteiger charge is 2.57. The zero-order valence-corrected chi connectivity index (χ0v) is 58.1. The zero-order valence-electron chi connectivity index (χ0n) is 56.6.